The largest absolute Gasteiger partial charge is 0.464 e. The third kappa shape index (κ3) is 8.87. The highest BCUT2D eigenvalue weighted by molar-refractivity contribution is 7.12. The van der Waals surface area contributed by atoms with E-state index in [0.29, 0.717) is 84.8 Å². The Labute approximate surface area is 420 Å². The number of amides is 4. The second kappa shape index (κ2) is 19.4. The van der Waals surface area contributed by atoms with Gasteiger partial charge in [0.2, 0.25) is 18.0 Å². The van der Waals surface area contributed by atoms with Gasteiger partial charge in [-0.25, -0.2) is 23.9 Å². The smallest absolute Gasteiger partial charge is 0.407 e. The third-order valence-corrected chi connectivity index (χ3v) is 16.4. The fourth-order valence-electron chi connectivity index (χ4n) is 11.3. The van der Waals surface area contributed by atoms with Crippen LogP contribution in [0.2, 0.25) is 0 Å². The standard InChI is InChI=1S/C53H60FN9O8S/c1-27(2)45(59-52(66)68-4)49(64)61-17-6-8-38(61)48-56-26-36(58-48)32-22-34(54)44-40-23-33-21-30(12-13-37(33)63(40)51(71-41(44)24-32)43-15-14-42(72-43)29-10-11-29)35-25-55-47(57-35)39-9-7-18-62(39)50(65)46(60-53(67)69-5)31-16-19-70-28(3)20-31/h12-15,21-29,31,38-39,45-46,51H,6-11,16-20H2,1-5H3,(H,55,57)(H,56,58)(H,59,66)(H,60,67)/t28-,31?,38+,39+,45+,46+,51+/m1/s1. The van der Waals surface area contributed by atoms with Gasteiger partial charge in [-0.1, -0.05) is 19.9 Å². The number of nitrogens with zero attached hydrogens (tertiary/aromatic N) is 5. The molecule has 2 aromatic carbocycles. The quantitative estimate of drug-likeness (QED) is 0.0917. The van der Waals surface area contributed by atoms with Crippen molar-refractivity contribution in [2.75, 3.05) is 33.9 Å². The van der Waals surface area contributed by atoms with E-state index in [9.17, 15) is 19.2 Å². The number of aromatic amines is 2. The lowest BCUT2D eigenvalue weighted by molar-refractivity contribution is -0.137. The van der Waals surface area contributed by atoms with E-state index < -0.39 is 36.3 Å². The number of carbonyl (C=O) groups is 4. The summed E-state index contributed by atoms with van der Waals surface area (Å²) in [6, 6.07) is 13.6. The highest BCUT2D eigenvalue weighted by atomic mass is 32.1. The Morgan fingerprint density at radius 2 is 1.47 bits per heavy atom. The van der Waals surface area contributed by atoms with Gasteiger partial charge in [0, 0.05) is 41.1 Å². The number of ether oxygens (including phenoxy) is 4. The Bertz CT molecular complexity index is 3050. The van der Waals surface area contributed by atoms with Gasteiger partial charge >= 0.3 is 12.2 Å². The Morgan fingerprint density at radius 1 is 0.806 bits per heavy atom. The summed E-state index contributed by atoms with van der Waals surface area (Å²) in [6.07, 6.45) is 8.13. The summed E-state index contributed by atoms with van der Waals surface area (Å²) >= 11 is 1.73. The molecule has 7 atom stereocenters. The predicted octanol–water partition coefficient (Wildman–Crippen LogP) is 9.35. The first-order valence-electron chi connectivity index (χ1n) is 25.1. The van der Waals surface area contributed by atoms with E-state index in [-0.39, 0.29) is 41.8 Å². The first-order chi connectivity index (χ1) is 34.9. The SMILES string of the molecule is COC(=O)N[C@H](C(=O)N1CCC[C@H]1c1ncc(-c2cc(F)c3c(c2)O[C@@H](c2ccc(C4CC4)s2)n2c-3cc3cc(-c4cnc([C@@H]5CCCN5C(=O)[C@@H](NC(=O)OC)C5CCO[C@H](C)C5)[nH]4)ccc32)[nH]1)C(C)C. The zero-order valence-electron chi connectivity index (χ0n) is 41.0. The fourth-order valence-corrected chi connectivity index (χ4v) is 12.5. The summed E-state index contributed by atoms with van der Waals surface area (Å²) < 4.78 is 41.5. The maximum absolute atomic E-state index is 17.0. The number of carbonyl (C=O) groups excluding carboxylic acids is 4. The van der Waals surface area contributed by atoms with Crippen LogP contribution in [-0.4, -0.2) is 110 Å². The first-order valence-corrected chi connectivity index (χ1v) is 26.0. The summed E-state index contributed by atoms with van der Waals surface area (Å²) in [6.45, 7) is 7.30. The average Bonchev–Trinajstić information content (AvgIpc) is 4.11. The van der Waals surface area contributed by atoms with Gasteiger partial charge in [0.25, 0.3) is 0 Å². The van der Waals surface area contributed by atoms with Crippen LogP contribution >= 0.6 is 11.3 Å². The number of benzene rings is 2. The van der Waals surface area contributed by atoms with Gasteiger partial charge in [-0.15, -0.1) is 11.3 Å². The van der Waals surface area contributed by atoms with Gasteiger partial charge in [-0.2, -0.15) is 0 Å². The normalized spacial score (nSPS) is 22.6. The molecule has 0 radical (unpaired) electrons. The Balaban J connectivity index is 0.894. The van der Waals surface area contributed by atoms with Crippen LogP contribution in [-0.2, 0) is 23.8 Å². The van der Waals surface area contributed by atoms with Crippen molar-refractivity contribution < 1.29 is 42.5 Å². The molecule has 378 valence electrons. The van der Waals surface area contributed by atoms with Crippen molar-refractivity contribution in [2.45, 2.75) is 115 Å². The minimum Gasteiger partial charge on any atom is -0.464 e. The van der Waals surface area contributed by atoms with Crippen molar-refractivity contribution in [1.29, 1.82) is 0 Å². The summed E-state index contributed by atoms with van der Waals surface area (Å²) in [5.41, 5.74) is 4.69. The number of fused-ring (bicyclic) bond motifs is 5. The van der Waals surface area contributed by atoms with E-state index in [4.69, 9.17) is 28.9 Å². The molecule has 6 aromatic rings. The van der Waals surface area contributed by atoms with Crippen molar-refractivity contribution in [1.82, 2.24) is 44.9 Å². The molecule has 1 saturated carbocycles. The van der Waals surface area contributed by atoms with Gasteiger partial charge in [-0.3, -0.25) is 14.2 Å². The van der Waals surface area contributed by atoms with Gasteiger partial charge in [0.1, 0.15) is 35.3 Å². The van der Waals surface area contributed by atoms with Crippen LogP contribution in [0.15, 0.2) is 60.9 Å². The number of methoxy groups -OCH3 is 2. The molecule has 17 nitrogen and oxygen atoms in total. The monoisotopic (exact) mass is 1000 g/mol. The molecule has 4 aliphatic heterocycles. The van der Waals surface area contributed by atoms with E-state index in [1.807, 2.05) is 49.9 Å². The number of imidazole rings is 2. The molecular weight excluding hydrogens is 942 g/mol. The second-order valence-electron chi connectivity index (χ2n) is 20.2. The molecule has 0 spiro atoms. The van der Waals surface area contributed by atoms with Crippen molar-refractivity contribution in [3.63, 3.8) is 0 Å². The minimum absolute atomic E-state index is 0.0261. The molecule has 3 saturated heterocycles. The van der Waals surface area contributed by atoms with Gasteiger partial charge in [-0.05, 0) is 119 Å². The number of likely N-dealkylation sites (tertiary alicyclic amines) is 2. The molecule has 0 bridgehead atoms. The van der Waals surface area contributed by atoms with E-state index in [1.54, 1.807) is 28.6 Å². The van der Waals surface area contributed by atoms with Crippen molar-refractivity contribution in [2.24, 2.45) is 11.8 Å². The predicted molar refractivity (Wildman–Crippen MR) is 267 cm³/mol. The highest BCUT2D eigenvalue weighted by Crippen LogP contribution is 2.50. The Morgan fingerprint density at radius 3 is 2.14 bits per heavy atom. The lowest BCUT2D eigenvalue weighted by Gasteiger charge is -2.36. The Hall–Kier alpha value is -6.73. The van der Waals surface area contributed by atoms with E-state index >= 15 is 4.39 Å². The molecule has 4 amide bonds. The van der Waals surface area contributed by atoms with E-state index in [2.05, 4.69) is 43.4 Å². The number of rotatable bonds is 12. The first kappa shape index (κ1) is 47.6. The van der Waals surface area contributed by atoms with Crippen LogP contribution < -0.4 is 15.4 Å². The summed E-state index contributed by atoms with van der Waals surface area (Å²) in [4.78, 5) is 75.2. The minimum atomic E-state index is -0.770. The maximum atomic E-state index is 17.0. The second-order valence-corrected chi connectivity index (χ2v) is 21.3. The molecule has 1 aliphatic carbocycles. The van der Waals surface area contributed by atoms with Crippen LogP contribution in [0.25, 0.3) is 44.7 Å². The molecule has 19 heteroatoms. The molecule has 8 heterocycles. The number of halogens is 1. The van der Waals surface area contributed by atoms with Crippen LogP contribution in [0.1, 0.15) is 118 Å². The molecular formula is C53H60FN9O8S. The summed E-state index contributed by atoms with van der Waals surface area (Å²) in [7, 11) is 2.57. The molecule has 4 fully saturated rings. The van der Waals surface area contributed by atoms with E-state index in [1.165, 1.54) is 25.2 Å². The molecule has 5 aliphatic rings. The highest BCUT2D eigenvalue weighted by Gasteiger charge is 2.42. The van der Waals surface area contributed by atoms with Gasteiger partial charge < -0.3 is 49.3 Å². The molecule has 4 N–H and O–H groups in total. The average molecular weight is 1000 g/mol. The number of hydrogen-bond donors (Lipinski definition) is 4. The van der Waals surface area contributed by atoms with Crippen molar-refractivity contribution >= 4 is 46.2 Å². The van der Waals surface area contributed by atoms with Gasteiger partial charge in [0.05, 0.1) is 77.8 Å². The topological polar surface area (TPSA) is 198 Å². The van der Waals surface area contributed by atoms with Crippen molar-refractivity contribution in [3.05, 3.63) is 88.1 Å². The van der Waals surface area contributed by atoms with E-state index in [0.717, 1.165) is 59.1 Å². The van der Waals surface area contributed by atoms with Crippen LogP contribution in [0.5, 0.6) is 5.75 Å². The maximum Gasteiger partial charge on any atom is 0.407 e. The van der Waals surface area contributed by atoms with Gasteiger partial charge in [0.15, 0.2) is 0 Å². The molecule has 72 heavy (non-hydrogen) atoms. The number of thiophene rings is 1. The number of nitrogens with one attached hydrogen (secondary N) is 4. The summed E-state index contributed by atoms with van der Waals surface area (Å²) in [5.74, 6) is 1.11. The number of hydrogen-bond acceptors (Lipinski definition) is 11. The lowest BCUT2D eigenvalue weighted by atomic mass is 9.88. The van der Waals surface area contributed by atoms with Crippen LogP contribution in [0.3, 0.4) is 0 Å². The third-order valence-electron chi connectivity index (χ3n) is 15.1. The number of aromatic nitrogens is 5. The zero-order chi connectivity index (χ0) is 49.9. The number of H-pyrrole nitrogens is 2. The zero-order valence-corrected chi connectivity index (χ0v) is 41.9. The molecule has 11 rings (SSSR count). The molecule has 4 aromatic heterocycles. The lowest BCUT2D eigenvalue weighted by Crippen LogP contribution is -2.53. The Kier molecular flexibility index (Phi) is 12.8. The number of alkyl carbamates (subject to hydrolysis) is 2. The van der Waals surface area contributed by atoms with Crippen LogP contribution in [0.4, 0.5) is 14.0 Å². The molecule has 1 unspecified atom stereocenters. The van der Waals surface area contributed by atoms with Crippen molar-refractivity contribution in [3.8, 4) is 39.5 Å². The summed E-state index contributed by atoms with van der Waals surface area (Å²) in [5, 5.41) is 6.42. The van der Waals surface area contributed by atoms with Crippen LogP contribution in [0, 0.1) is 17.7 Å². The fraction of sp³-hybridized carbons (Fsp3) is 0.472.